The summed E-state index contributed by atoms with van der Waals surface area (Å²) >= 11 is 0. The van der Waals surface area contributed by atoms with E-state index in [1.165, 1.54) is 6.92 Å². The fourth-order valence-corrected chi connectivity index (χ4v) is 7.34. The van der Waals surface area contributed by atoms with Crippen LogP contribution in [-0.2, 0) is 19.2 Å². The first kappa shape index (κ1) is 31.0. The van der Waals surface area contributed by atoms with Crippen molar-refractivity contribution >= 4 is 35.1 Å². The zero-order valence-electron chi connectivity index (χ0n) is 25.9. The summed E-state index contributed by atoms with van der Waals surface area (Å²) in [4.78, 5) is 74.1. The summed E-state index contributed by atoms with van der Waals surface area (Å²) in [6.45, 7) is 9.51. The Hall–Kier alpha value is -3.47. The van der Waals surface area contributed by atoms with Gasteiger partial charge < -0.3 is 30.2 Å². The van der Waals surface area contributed by atoms with Crippen LogP contribution in [0.15, 0.2) is 24.3 Å². The van der Waals surface area contributed by atoms with Crippen LogP contribution in [0.3, 0.4) is 0 Å². The van der Waals surface area contributed by atoms with Crippen molar-refractivity contribution in [3.8, 4) is 0 Å². The Morgan fingerprint density at radius 2 is 1.60 bits per heavy atom. The number of rotatable bonds is 8. The van der Waals surface area contributed by atoms with Crippen LogP contribution in [-0.4, -0.2) is 114 Å². The van der Waals surface area contributed by atoms with Crippen LogP contribution in [0.25, 0.3) is 0 Å². The van der Waals surface area contributed by atoms with Crippen LogP contribution >= 0.6 is 0 Å². The number of likely N-dealkylation sites (N-methyl/N-ethyl adjacent to an activating group) is 1. The Kier molecular flexibility index (Phi) is 9.10. The lowest BCUT2D eigenvalue weighted by Gasteiger charge is -2.35. The molecule has 11 nitrogen and oxygen atoms in total. The number of anilines is 1. The predicted molar refractivity (Wildman–Crippen MR) is 163 cm³/mol. The van der Waals surface area contributed by atoms with Gasteiger partial charge in [0.05, 0.1) is 12.6 Å². The summed E-state index contributed by atoms with van der Waals surface area (Å²) in [5.74, 6) is -1.14. The molecule has 3 saturated heterocycles. The van der Waals surface area contributed by atoms with Gasteiger partial charge in [0.15, 0.2) is 5.78 Å². The van der Waals surface area contributed by atoms with Crippen molar-refractivity contribution in [3.05, 3.63) is 29.8 Å². The van der Waals surface area contributed by atoms with Gasteiger partial charge in [-0.3, -0.25) is 24.0 Å². The number of amides is 4. The van der Waals surface area contributed by atoms with Gasteiger partial charge in [-0.1, -0.05) is 26.7 Å². The second-order valence-corrected chi connectivity index (χ2v) is 13.2. The van der Waals surface area contributed by atoms with Crippen LogP contribution < -0.4 is 15.5 Å². The largest absolute Gasteiger partial charge is 0.369 e. The van der Waals surface area contributed by atoms with Crippen LogP contribution in [0, 0.1) is 5.92 Å². The van der Waals surface area contributed by atoms with Crippen LogP contribution in [0.5, 0.6) is 0 Å². The lowest BCUT2D eigenvalue weighted by atomic mass is 9.94. The number of ketones is 1. The van der Waals surface area contributed by atoms with Crippen LogP contribution in [0.1, 0.15) is 69.7 Å². The number of Topliss-reactive ketones (excluding diaryl/α,β-unsaturated/α-hetero) is 1. The number of fused-ring (bicyclic) bond motifs is 1. The molecule has 2 N–H and O–H groups in total. The number of carbonyl (C=O) groups is 5. The van der Waals surface area contributed by atoms with Crippen molar-refractivity contribution in [1.82, 2.24) is 25.3 Å². The maximum absolute atomic E-state index is 14.0. The lowest BCUT2D eigenvalue weighted by molar-refractivity contribution is -0.142. The Morgan fingerprint density at radius 1 is 0.953 bits per heavy atom. The maximum Gasteiger partial charge on any atom is 0.251 e. The molecule has 1 aromatic rings. The van der Waals surface area contributed by atoms with E-state index in [0.29, 0.717) is 37.8 Å². The molecule has 43 heavy (non-hydrogen) atoms. The van der Waals surface area contributed by atoms with Crippen molar-refractivity contribution in [2.24, 2.45) is 5.92 Å². The Labute approximate surface area is 254 Å². The standard InChI is InChI=1S/C32H46N6O5/c1-21(2)19-25(33-29(41)23-7-9-24(10-8-23)36-17-15-35(4)16-18-36)30(42)37-14-11-26-28(37)27(40)20-38(26)31(43)32(34-22(3)39)12-5-6-13-32/h7-10,21,25-26,28H,5-6,11-20H2,1-4H3,(H,33,41)(H,34,39). The fourth-order valence-electron chi connectivity index (χ4n) is 7.34. The quantitative estimate of drug-likeness (QED) is 0.467. The van der Waals surface area contributed by atoms with E-state index in [2.05, 4.69) is 27.5 Å². The second kappa shape index (κ2) is 12.6. The summed E-state index contributed by atoms with van der Waals surface area (Å²) in [5, 5.41) is 5.84. The molecule has 1 aliphatic carbocycles. The topological polar surface area (TPSA) is 122 Å². The molecule has 0 aromatic heterocycles. The highest BCUT2D eigenvalue weighted by Gasteiger charge is 2.56. The molecule has 0 spiro atoms. The average molecular weight is 595 g/mol. The molecular weight excluding hydrogens is 548 g/mol. The summed E-state index contributed by atoms with van der Waals surface area (Å²) in [7, 11) is 2.11. The minimum Gasteiger partial charge on any atom is -0.369 e. The molecule has 3 atom stereocenters. The summed E-state index contributed by atoms with van der Waals surface area (Å²) in [6.07, 6.45) is 3.69. The van der Waals surface area contributed by atoms with Gasteiger partial charge in [0.1, 0.15) is 17.6 Å². The first-order valence-electron chi connectivity index (χ1n) is 15.8. The third-order valence-corrected chi connectivity index (χ3v) is 9.56. The number of hydrogen-bond donors (Lipinski definition) is 2. The number of carbonyl (C=O) groups excluding carboxylic acids is 5. The molecule has 5 rings (SSSR count). The first-order chi connectivity index (χ1) is 20.5. The molecule has 11 heteroatoms. The molecule has 0 radical (unpaired) electrons. The van der Waals surface area contributed by atoms with Gasteiger partial charge in [-0.05, 0) is 62.9 Å². The number of nitrogens with zero attached hydrogens (tertiary/aromatic N) is 4. The van der Waals surface area contributed by atoms with Gasteiger partial charge >= 0.3 is 0 Å². The van der Waals surface area contributed by atoms with Crippen molar-refractivity contribution in [2.45, 2.75) is 83.0 Å². The summed E-state index contributed by atoms with van der Waals surface area (Å²) in [5.41, 5.74) is 0.568. The molecule has 4 fully saturated rings. The third-order valence-electron chi connectivity index (χ3n) is 9.56. The summed E-state index contributed by atoms with van der Waals surface area (Å²) < 4.78 is 0. The monoisotopic (exact) mass is 594 g/mol. The van der Waals surface area contributed by atoms with E-state index in [1.807, 2.05) is 26.0 Å². The SMILES string of the molecule is CC(=O)NC1(C(=O)N2CC(=O)C3C2CCN3C(=O)C(CC(C)C)NC(=O)c2ccc(N3CCN(C)CC3)cc2)CCCC1. The minimum atomic E-state index is -0.980. The molecule has 0 bridgehead atoms. The van der Waals surface area contributed by atoms with Crippen molar-refractivity contribution in [2.75, 3.05) is 51.2 Å². The molecule has 4 amide bonds. The van der Waals surface area contributed by atoms with Gasteiger partial charge in [-0.15, -0.1) is 0 Å². The van der Waals surface area contributed by atoms with Gasteiger partial charge in [-0.2, -0.15) is 0 Å². The van der Waals surface area contributed by atoms with E-state index >= 15 is 0 Å². The van der Waals surface area contributed by atoms with Gasteiger partial charge in [0.25, 0.3) is 5.91 Å². The molecule has 1 saturated carbocycles. The number of nitrogens with one attached hydrogen (secondary N) is 2. The molecule has 234 valence electrons. The highest BCUT2D eigenvalue weighted by molar-refractivity contribution is 6.02. The molecule has 3 heterocycles. The number of piperazine rings is 1. The second-order valence-electron chi connectivity index (χ2n) is 13.2. The highest BCUT2D eigenvalue weighted by Crippen LogP contribution is 2.37. The van der Waals surface area contributed by atoms with Crippen molar-refractivity contribution < 1.29 is 24.0 Å². The first-order valence-corrected chi connectivity index (χ1v) is 15.8. The fraction of sp³-hybridized carbons (Fsp3) is 0.656. The smallest absolute Gasteiger partial charge is 0.251 e. The maximum atomic E-state index is 14.0. The Morgan fingerprint density at radius 3 is 2.21 bits per heavy atom. The predicted octanol–water partition coefficient (Wildman–Crippen LogP) is 1.41. The van der Waals surface area contributed by atoms with E-state index in [0.717, 1.165) is 44.7 Å². The van der Waals surface area contributed by atoms with Gasteiger partial charge in [-0.25, -0.2) is 0 Å². The van der Waals surface area contributed by atoms with E-state index in [-0.39, 0.29) is 41.9 Å². The molecule has 1 aromatic carbocycles. The van der Waals surface area contributed by atoms with E-state index < -0.39 is 23.7 Å². The van der Waals surface area contributed by atoms with E-state index in [4.69, 9.17) is 0 Å². The average Bonchev–Trinajstić information content (AvgIpc) is 3.70. The van der Waals surface area contributed by atoms with E-state index in [9.17, 15) is 24.0 Å². The number of hydrogen-bond acceptors (Lipinski definition) is 7. The molecule has 3 aliphatic heterocycles. The Bertz CT molecular complexity index is 1240. The van der Waals surface area contributed by atoms with Crippen LogP contribution in [0.2, 0.25) is 0 Å². The zero-order chi connectivity index (χ0) is 30.9. The lowest BCUT2D eigenvalue weighted by Crippen LogP contribution is -2.59. The van der Waals surface area contributed by atoms with E-state index in [1.54, 1.807) is 21.9 Å². The number of likely N-dealkylation sites (tertiary alicyclic amines) is 2. The highest BCUT2D eigenvalue weighted by atomic mass is 16.2. The van der Waals surface area contributed by atoms with Crippen LogP contribution in [0.4, 0.5) is 5.69 Å². The molecule has 3 unspecified atom stereocenters. The molecule has 4 aliphatic rings. The normalized spacial score (nSPS) is 24.3. The minimum absolute atomic E-state index is 0.0693. The Balaban J connectivity index is 1.27. The van der Waals surface area contributed by atoms with Crippen molar-refractivity contribution in [1.29, 1.82) is 0 Å². The van der Waals surface area contributed by atoms with Crippen molar-refractivity contribution in [3.63, 3.8) is 0 Å². The number of benzene rings is 1. The van der Waals surface area contributed by atoms with Gasteiger partial charge in [0.2, 0.25) is 17.7 Å². The zero-order valence-corrected chi connectivity index (χ0v) is 25.9. The molecular formula is C32H46N6O5. The van der Waals surface area contributed by atoms with Gasteiger partial charge in [0, 0.05) is 50.9 Å². The third kappa shape index (κ3) is 6.41. The summed E-state index contributed by atoms with van der Waals surface area (Å²) in [6, 6.07) is 5.54.